The van der Waals surface area contributed by atoms with E-state index in [2.05, 4.69) is 10.1 Å². The predicted octanol–water partition coefficient (Wildman–Crippen LogP) is 3.82. The fourth-order valence-corrected chi connectivity index (χ4v) is 3.93. The largest absolute Gasteiger partial charge is 0.393 e. The van der Waals surface area contributed by atoms with Gasteiger partial charge >= 0.3 is 5.24 Å². The number of oxime groups is 1. The van der Waals surface area contributed by atoms with Gasteiger partial charge in [-0.15, -0.1) is 5.06 Å². The first kappa shape index (κ1) is 20.1. The van der Waals surface area contributed by atoms with Crippen LogP contribution in [0.15, 0.2) is 71.9 Å². The third-order valence-electron chi connectivity index (χ3n) is 4.42. The summed E-state index contributed by atoms with van der Waals surface area (Å²) in [5.74, 6) is -0.349. The number of pyridine rings is 1. The summed E-state index contributed by atoms with van der Waals surface area (Å²) >= 11 is 0.977. The van der Waals surface area contributed by atoms with Crippen LogP contribution in [0.2, 0.25) is 0 Å². The Hall–Kier alpha value is -3.23. The summed E-state index contributed by atoms with van der Waals surface area (Å²) in [6, 6.07) is 21.2. The second kappa shape index (κ2) is 9.51. The van der Waals surface area contributed by atoms with Crippen LogP contribution in [0.25, 0.3) is 10.9 Å². The Bertz CT molecular complexity index is 1070. The molecule has 1 aromatic heterocycles. The molecule has 1 saturated heterocycles. The van der Waals surface area contributed by atoms with Gasteiger partial charge in [-0.1, -0.05) is 59.8 Å². The molecule has 4 rings (SSSR count). The molecule has 3 aromatic rings. The Morgan fingerprint density at radius 1 is 1.00 bits per heavy atom. The van der Waals surface area contributed by atoms with Crippen molar-refractivity contribution >= 4 is 40.0 Å². The normalized spacial score (nSPS) is 16.7. The van der Waals surface area contributed by atoms with Crippen molar-refractivity contribution in [3.63, 3.8) is 0 Å². The minimum Gasteiger partial charge on any atom is -0.393 e. The van der Waals surface area contributed by atoms with Crippen molar-refractivity contribution in [3.8, 4) is 0 Å². The van der Waals surface area contributed by atoms with Crippen LogP contribution in [0.3, 0.4) is 0 Å². The number of rotatable bonds is 8. The third kappa shape index (κ3) is 4.84. The van der Waals surface area contributed by atoms with Crippen LogP contribution in [0.5, 0.6) is 0 Å². The fourth-order valence-electron chi connectivity index (χ4n) is 2.98. The van der Waals surface area contributed by atoms with Crippen molar-refractivity contribution < 1.29 is 19.3 Å². The number of carbonyl (C=O) groups excluding carboxylic acids is 2. The number of amides is 2. The van der Waals surface area contributed by atoms with Crippen LogP contribution in [0.4, 0.5) is 4.79 Å². The Morgan fingerprint density at radius 3 is 2.67 bits per heavy atom. The molecule has 0 saturated carbocycles. The zero-order valence-electron chi connectivity index (χ0n) is 16.0. The summed E-state index contributed by atoms with van der Waals surface area (Å²) in [6.07, 6.45) is 1.99. The number of carbonyl (C=O) groups is 2. The van der Waals surface area contributed by atoms with Gasteiger partial charge in [0.1, 0.15) is 13.2 Å². The summed E-state index contributed by atoms with van der Waals surface area (Å²) < 4.78 is 0. The maximum atomic E-state index is 12.4. The first-order chi connectivity index (χ1) is 14.7. The van der Waals surface area contributed by atoms with E-state index in [1.54, 1.807) is 0 Å². The van der Waals surface area contributed by atoms with Gasteiger partial charge in [-0.05, 0) is 35.9 Å². The second-order valence-corrected chi connectivity index (χ2v) is 7.68. The van der Waals surface area contributed by atoms with Gasteiger partial charge in [0.2, 0.25) is 0 Å². The van der Waals surface area contributed by atoms with Gasteiger partial charge in [0.05, 0.1) is 22.7 Å². The number of nitrogens with zero attached hydrogens (tertiary/aromatic N) is 3. The van der Waals surface area contributed by atoms with Gasteiger partial charge in [-0.2, -0.15) is 0 Å². The van der Waals surface area contributed by atoms with Crippen molar-refractivity contribution in [3.05, 3.63) is 78.0 Å². The molecule has 1 unspecified atom stereocenters. The number of imide groups is 1. The number of thioether (sulfide) groups is 1. The van der Waals surface area contributed by atoms with Gasteiger partial charge < -0.3 is 4.84 Å². The zero-order chi connectivity index (χ0) is 20.8. The Labute approximate surface area is 177 Å². The molecule has 0 N–H and O–H groups in total. The van der Waals surface area contributed by atoms with Crippen LogP contribution in [-0.2, 0) is 20.9 Å². The summed E-state index contributed by atoms with van der Waals surface area (Å²) in [6.45, 7) is 0.119. The number of para-hydroxylation sites is 1. The quantitative estimate of drug-likeness (QED) is 0.312. The van der Waals surface area contributed by atoms with Gasteiger partial charge in [0.15, 0.2) is 0 Å². The van der Waals surface area contributed by atoms with Crippen molar-refractivity contribution in [1.82, 2.24) is 10.0 Å². The highest BCUT2D eigenvalue weighted by atomic mass is 32.2. The zero-order valence-corrected chi connectivity index (χ0v) is 16.8. The number of hydrogen-bond donors (Lipinski definition) is 0. The molecule has 1 aliphatic heterocycles. The van der Waals surface area contributed by atoms with Crippen LogP contribution in [0, 0.1) is 0 Å². The predicted molar refractivity (Wildman–Crippen MR) is 115 cm³/mol. The number of hydrogen-bond acceptors (Lipinski definition) is 7. The van der Waals surface area contributed by atoms with E-state index in [0.717, 1.165) is 33.3 Å². The molecule has 1 fully saturated rings. The lowest BCUT2D eigenvalue weighted by molar-refractivity contribution is -0.167. The fraction of sp³-hybridized carbons (Fsp3) is 0.182. The highest BCUT2D eigenvalue weighted by Gasteiger charge is 2.40. The van der Waals surface area contributed by atoms with Gasteiger partial charge in [-0.3, -0.25) is 14.4 Å². The van der Waals surface area contributed by atoms with Crippen LogP contribution in [-0.4, -0.2) is 45.9 Å². The number of hydroxylamine groups is 2. The first-order valence-corrected chi connectivity index (χ1v) is 10.3. The Morgan fingerprint density at radius 2 is 1.80 bits per heavy atom. The van der Waals surface area contributed by atoms with E-state index in [9.17, 15) is 9.59 Å². The third-order valence-corrected chi connectivity index (χ3v) is 5.44. The average molecular weight is 421 g/mol. The van der Waals surface area contributed by atoms with Crippen molar-refractivity contribution in [1.29, 1.82) is 0 Å². The van der Waals surface area contributed by atoms with Crippen molar-refractivity contribution in [2.24, 2.45) is 5.16 Å². The SMILES string of the molecule is O=C1SC(Cc2ccccc2)C(=O)N1OCCO/N=C\c1ccc2ccccc2n1. The molecule has 7 nitrogen and oxygen atoms in total. The number of fused-ring (bicyclic) bond motifs is 1. The van der Waals surface area contributed by atoms with Crippen LogP contribution in [0.1, 0.15) is 11.3 Å². The van der Waals surface area contributed by atoms with E-state index >= 15 is 0 Å². The number of benzene rings is 2. The summed E-state index contributed by atoms with van der Waals surface area (Å²) in [5, 5.41) is 4.84. The second-order valence-electron chi connectivity index (χ2n) is 6.52. The lowest BCUT2D eigenvalue weighted by atomic mass is 10.1. The first-order valence-electron chi connectivity index (χ1n) is 9.43. The smallest absolute Gasteiger partial charge is 0.313 e. The minimum atomic E-state index is -0.474. The van der Waals surface area contributed by atoms with Crippen LogP contribution >= 0.6 is 11.8 Å². The van der Waals surface area contributed by atoms with E-state index in [4.69, 9.17) is 9.68 Å². The minimum absolute atomic E-state index is 0.0264. The molecule has 1 atom stereocenters. The molecule has 2 heterocycles. The molecule has 30 heavy (non-hydrogen) atoms. The van der Waals surface area contributed by atoms with E-state index in [-0.39, 0.29) is 19.1 Å². The molecular formula is C22H19N3O4S. The van der Waals surface area contributed by atoms with Gasteiger partial charge in [0.25, 0.3) is 5.91 Å². The van der Waals surface area contributed by atoms with Crippen LogP contribution < -0.4 is 0 Å². The highest BCUT2D eigenvalue weighted by molar-refractivity contribution is 8.15. The van der Waals surface area contributed by atoms with E-state index < -0.39 is 10.5 Å². The molecule has 0 aliphatic carbocycles. The Kier molecular flexibility index (Phi) is 6.36. The molecule has 0 radical (unpaired) electrons. The molecule has 2 aromatic carbocycles. The molecule has 1 aliphatic rings. The number of aromatic nitrogens is 1. The molecule has 0 bridgehead atoms. The van der Waals surface area contributed by atoms with E-state index in [1.807, 2.05) is 66.7 Å². The summed E-state index contributed by atoms with van der Waals surface area (Å²) in [7, 11) is 0. The molecule has 8 heteroatoms. The summed E-state index contributed by atoms with van der Waals surface area (Å²) in [4.78, 5) is 39.4. The highest BCUT2D eigenvalue weighted by Crippen LogP contribution is 2.29. The van der Waals surface area contributed by atoms with Gasteiger partial charge in [0, 0.05) is 5.39 Å². The van der Waals surface area contributed by atoms with Crippen molar-refractivity contribution in [2.45, 2.75) is 11.7 Å². The topological polar surface area (TPSA) is 81.1 Å². The Balaban J connectivity index is 1.22. The lowest BCUT2D eigenvalue weighted by Gasteiger charge is -2.12. The monoisotopic (exact) mass is 421 g/mol. The standard InChI is InChI=1S/C22H19N3O4S/c26-21-20(14-16-6-2-1-3-7-16)30-22(27)25(21)29-13-12-28-23-15-18-11-10-17-8-4-5-9-19(17)24-18/h1-11,15,20H,12-14H2/b23-15-. The molecular weight excluding hydrogens is 402 g/mol. The maximum Gasteiger partial charge on any atom is 0.313 e. The van der Waals surface area contributed by atoms with Gasteiger partial charge in [-0.25, -0.2) is 4.98 Å². The lowest BCUT2D eigenvalue weighted by Crippen LogP contribution is -2.33. The van der Waals surface area contributed by atoms with Crippen molar-refractivity contribution in [2.75, 3.05) is 13.2 Å². The van der Waals surface area contributed by atoms with E-state index in [1.165, 1.54) is 6.21 Å². The molecule has 0 spiro atoms. The van der Waals surface area contributed by atoms with E-state index in [0.29, 0.717) is 12.1 Å². The molecule has 152 valence electrons. The average Bonchev–Trinajstić information content (AvgIpc) is 3.04. The summed E-state index contributed by atoms with van der Waals surface area (Å²) in [5.41, 5.74) is 2.54. The maximum absolute atomic E-state index is 12.4. The molecule has 2 amide bonds.